The molecular weight excluding hydrogens is 403 g/mol. The van der Waals surface area contributed by atoms with E-state index in [9.17, 15) is 9.18 Å². The Kier molecular flexibility index (Phi) is 7.05. The molecule has 0 unspecified atom stereocenters. The number of aryl methyl sites for hydroxylation is 2. The van der Waals surface area contributed by atoms with Crippen LogP contribution in [0.3, 0.4) is 0 Å². The summed E-state index contributed by atoms with van der Waals surface area (Å²) >= 11 is 0. The lowest BCUT2D eigenvalue weighted by atomic mass is 10.0. The van der Waals surface area contributed by atoms with E-state index >= 15 is 0 Å². The average molecular weight is 433 g/mol. The molecule has 4 rings (SSSR count). The number of hydrogen-bond donors (Lipinski definition) is 0. The van der Waals surface area contributed by atoms with Gasteiger partial charge in [-0.1, -0.05) is 48.5 Å². The first-order chi connectivity index (χ1) is 15.6. The number of amides is 1. The maximum atomic E-state index is 13.3. The predicted molar refractivity (Wildman–Crippen MR) is 126 cm³/mol. The van der Waals surface area contributed by atoms with Gasteiger partial charge in [-0.15, -0.1) is 0 Å². The Morgan fingerprint density at radius 2 is 1.62 bits per heavy atom. The van der Waals surface area contributed by atoms with Crippen molar-refractivity contribution in [2.45, 2.75) is 25.7 Å². The molecule has 0 radical (unpaired) electrons. The summed E-state index contributed by atoms with van der Waals surface area (Å²) in [6.07, 6.45) is 3.03. The van der Waals surface area contributed by atoms with Gasteiger partial charge in [0.15, 0.2) is 0 Å². The van der Waals surface area contributed by atoms with Crippen molar-refractivity contribution in [1.82, 2.24) is 4.90 Å². The van der Waals surface area contributed by atoms with Crippen LogP contribution in [0.15, 0.2) is 72.8 Å². The van der Waals surface area contributed by atoms with Gasteiger partial charge in [-0.25, -0.2) is 9.18 Å². The number of carbonyl (C=O) groups excluding carboxylic acids is 1. The summed E-state index contributed by atoms with van der Waals surface area (Å²) in [5.41, 5.74) is 6.03. The van der Waals surface area contributed by atoms with Gasteiger partial charge < -0.3 is 14.5 Å². The summed E-state index contributed by atoms with van der Waals surface area (Å²) in [6, 6.07) is 23.5. The number of nitrogens with zero attached hydrogens (tertiary/aromatic N) is 2. The van der Waals surface area contributed by atoms with Crippen LogP contribution in [0.4, 0.5) is 20.6 Å². The van der Waals surface area contributed by atoms with Gasteiger partial charge in [0.05, 0.1) is 6.61 Å². The molecule has 1 heterocycles. The molecule has 5 heteroatoms. The molecule has 0 saturated heterocycles. The molecule has 0 atom stereocenters. The normalized spacial score (nSPS) is 12.5. The minimum Gasteiger partial charge on any atom is -0.449 e. The van der Waals surface area contributed by atoms with Crippen LogP contribution in [0.5, 0.6) is 0 Å². The van der Waals surface area contributed by atoms with Crippen molar-refractivity contribution in [1.29, 1.82) is 0 Å². The second-order valence-corrected chi connectivity index (χ2v) is 8.18. The molecule has 32 heavy (non-hydrogen) atoms. The minimum absolute atomic E-state index is 0.236. The molecule has 1 amide bonds. The third-order valence-electron chi connectivity index (χ3n) is 5.92. The second kappa shape index (κ2) is 10.3. The van der Waals surface area contributed by atoms with Crippen molar-refractivity contribution in [3.63, 3.8) is 0 Å². The van der Waals surface area contributed by atoms with Crippen LogP contribution in [0.25, 0.3) is 0 Å². The lowest BCUT2D eigenvalue weighted by molar-refractivity contribution is 0.112. The number of ether oxygens (including phenoxy) is 1. The first kappa shape index (κ1) is 21.9. The molecule has 0 bridgehead atoms. The van der Waals surface area contributed by atoms with E-state index in [0.717, 1.165) is 31.4 Å². The van der Waals surface area contributed by atoms with Crippen LogP contribution < -0.4 is 4.90 Å². The molecule has 0 aromatic heterocycles. The van der Waals surface area contributed by atoms with Crippen LogP contribution in [0, 0.1) is 5.82 Å². The van der Waals surface area contributed by atoms with Crippen LogP contribution in [-0.2, 0) is 24.0 Å². The maximum absolute atomic E-state index is 13.3. The van der Waals surface area contributed by atoms with E-state index in [1.54, 1.807) is 18.0 Å². The van der Waals surface area contributed by atoms with E-state index in [-0.39, 0.29) is 18.5 Å². The fourth-order valence-electron chi connectivity index (χ4n) is 4.23. The Labute approximate surface area is 189 Å². The zero-order valence-corrected chi connectivity index (χ0v) is 18.5. The lowest BCUT2D eigenvalue weighted by Crippen LogP contribution is -2.31. The summed E-state index contributed by atoms with van der Waals surface area (Å²) in [6.45, 7) is 1.65. The Morgan fingerprint density at radius 3 is 2.28 bits per heavy atom. The number of benzene rings is 3. The highest BCUT2D eigenvalue weighted by Crippen LogP contribution is 2.35. The van der Waals surface area contributed by atoms with E-state index in [1.807, 2.05) is 6.07 Å². The predicted octanol–water partition coefficient (Wildman–Crippen LogP) is 5.76. The zero-order valence-electron chi connectivity index (χ0n) is 18.5. The van der Waals surface area contributed by atoms with Gasteiger partial charge in [0.1, 0.15) is 5.82 Å². The third kappa shape index (κ3) is 5.28. The molecule has 0 spiro atoms. The van der Waals surface area contributed by atoms with Crippen LogP contribution in [-0.4, -0.2) is 37.7 Å². The molecule has 166 valence electrons. The number of anilines is 2. The number of rotatable bonds is 7. The fourth-order valence-corrected chi connectivity index (χ4v) is 4.23. The van der Waals surface area contributed by atoms with Gasteiger partial charge in [0.25, 0.3) is 0 Å². The zero-order chi connectivity index (χ0) is 22.3. The Bertz CT molecular complexity index is 1020. The summed E-state index contributed by atoms with van der Waals surface area (Å²) < 4.78 is 18.6. The standard InChI is InChI=1S/C27H29FN2O2/c1-29(27(31)32-19-16-21-8-6-11-24(28)20-21)17-7-18-30-25-12-4-2-9-22(25)14-15-23-10-3-5-13-26(23)30/h2-6,8-13,20H,7,14-19H2,1H3. The van der Waals surface area contributed by atoms with Crippen molar-refractivity contribution in [3.05, 3.63) is 95.3 Å². The fraction of sp³-hybridized carbons (Fsp3) is 0.296. The Morgan fingerprint density at radius 1 is 0.969 bits per heavy atom. The molecular formula is C27H29FN2O2. The number of carbonyl (C=O) groups is 1. The van der Waals surface area contributed by atoms with E-state index < -0.39 is 0 Å². The summed E-state index contributed by atoms with van der Waals surface area (Å²) in [4.78, 5) is 16.3. The number of halogens is 1. The van der Waals surface area contributed by atoms with E-state index in [0.29, 0.717) is 13.0 Å². The second-order valence-electron chi connectivity index (χ2n) is 8.18. The average Bonchev–Trinajstić information content (AvgIpc) is 2.96. The number of fused-ring (bicyclic) bond motifs is 2. The molecule has 3 aromatic rings. The lowest BCUT2D eigenvalue weighted by Gasteiger charge is -2.28. The minimum atomic E-state index is -0.349. The maximum Gasteiger partial charge on any atom is 0.409 e. The van der Waals surface area contributed by atoms with E-state index in [2.05, 4.69) is 53.4 Å². The molecule has 0 fully saturated rings. The molecule has 0 N–H and O–H groups in total. The highest BCUT2D eigenvalue weighted by atomic mass is 19.1. The topological polar surface area (TPSA) is 32.8 Å². The van der Waals surface area contributed by atoms with Gasteiger partial charge in [-0.2, -0.15) is 0 Å². The molecule has 3 aromatic carbocycles. The summed E-state index contributed by atoms with van der Waals surface area (Å²) in [7, 11) is 1.76. The summed E-state index contributed by atoms with van der Waals surface area (Å²) in [5, 5.41) is 0. The third-order valence-corrected chi connectivity index (χ3v) is 5.92. The van der Waals surface area contributed by atoms with Gasteiger partial charge >= 0.3 is 6.09 Å². The Hall–Kier alpha value is -3.34. The molecule has 1 aliphatic heterocycles. The van der Waals surface area contributed by atoms with Crippen LogP contribution in [0.1, 0.15) is 23.1 Å². The first-order valence-electron chi connectivity index (χ1n) is 11.2. The molecule has 4 nitrogen and oxygen atoms in total. The first-order valence-corrected chi connectivity index (χ1v) is 11.2. The van der Waals surface area contributed by atoms with Crippen molar-refractivity contribution in [2.75, 3.05) is 31.6 Å². The highest BCUT2D eigenvalue weighted by molar-refractivity contribution is 5.71. The van der Waals surface area contributed by atoms with Crippen molar-refractivity contribution >= 4 is 17.5 Å². The monoisotopic (exact) mass is 432 g/mol. The quantitative estimate of drug-likeness (QED) is 0.476. The Balaban J connectivity index is 1.32. The summed E-state index contributed by atoms with van der Waals surface area (Å²) in [5.74, 6) is -0.275. The van der Waals surface area contributed by atoms with Crippen LogP contribution >= 0.6 is 0 Å². The highest BCUT2D eigenvalue weighted by Gasteiger charge is 2.20. The van der Waals surface area contributed by atoms with Crippen molar-refractivity contribution < 1.29 is 13.9 Å². The van der Waals surface area contributed by atoms with Crippen molar-refractivity contribution in [3.8, 4) is 0 Å². The van der Waals surface area contributed by atoms with Gasteiger partial charge in [-0.05, 0) is 60.2 Å². The smallest absolute Gasteiger partial charge is 0.409 e. The molecule has 0 saturated carbocycles. The van der Waals surface area contributed by atoms with Crippen molar-refractivity contribution in [2.24, 2.45) is 0 Å². The van der Waals surface area contributed by atoms with Gasteiger partial charge in [0.2, 0.25) is 0 Å². The molecule has 0 aliphatic carbocycles. The SMILES string of the molecule is CN(CCCN1c2ccccc2CCc2ccccc21)C(=O)OCCc1cccc(F)c1. The largest absolute Gasteiger partial charge is 0.449 e. The van der Waals surface area contributed by atoms with Crippen LogP contribution in [0.2, 0.25) is 0 Å². The van der Waals surface area contributed by atoms with E-state index in [1.165, 1.54) is 34.6 Å². The van der Waals surface area contributed by atoms with Gasteiger partial charge in [-0.3, -0.25) is 0 Å². The van der Waals surface area contributed by atoms with Gasteiger partial charge in [0, 0.05) is 37.9 Å². The molecule has 1 aliphatic rings. The number of para-hydroxylation sites is 2. The van der Waals surface area contributed by atoms with E-state index in [4.69, 9.17) is 4.74 Å². The number of hydrogen-bond acceptors (Lipinski definition) is 3.